The molecule has 1 amide bonds. The first kappa shape index (κ1) is 16.2. The van der Waals surface area contributed by atoms with Gasteiger partial charge in [0, 0.05) is 30.3 Å². The van der Waals surface area contributed by atoms with Crippen molar-refractivity contribution in [2.45, 2.75) is 39.7 Å². The highest BCUT2D eigenvalue weighted by Crippen LogP contribution is 2.23. The van der Waals surface area contributed by atoms with Crippen LogP contribution in [0.5, 0.6) is 0 Å². The Labute approximate surface area is 141 Å². The standard InChI is InChI=1S/C19H21N3O2/c1-13(2)22(19(23)9-8-17-10-14(3)21-24-17)16-11-15-6-4-5-7-18(15)20-12-16/h4-7,10-13H,8-9H2,1-3H3. The van der Waals surface area contributed by atoms with Crippen LogP contribution in [0.25, 0.3) is 10.9 Å². The van der Waals surface area contributed by atoms with Crippen molar-refractivity contribution in [3.8, 4) is 0 Å². The van der Waals surface area contributed by atoms with E-state index in [1.54, 1.807) is 11.1 Å². The summed E-state index contributed by atoms with van der Waals surface area (Å²) in [5, 5.41) is 4.88. The van der Waals surface area contributed by atoms with Crippen LogP contribution >= 0.6 is 0 Å². The topological polar surface area (TPSA) is 59.2 Å². The van der Waals surface area contributed by atoms with Gasteiger partial charge in [0.1, 0.15) is 5.76 Å². The molecule has 0 N–H and O–H groups in total. The van der Waals surface area contributed by atoms with Gasteiger partial charge in [-0.1, -0.05) is 23.4 Å². The van der Waals surface area contributed by atoms with E-state index in [0.717, 1.165) is 28.0 Å². The molecule has 0 saturated heterocycles. The number of benzene rings is 1. The monoisotopic (exact) mass is 323 g/mol. The van der Waals surface area contributed by atoms with Gasteiger partial charge in [0.25, 0.3) is 0 Å². The number of aromatic nitrogens is 2. The summed E-state index contributed by atoms with van der Waals surface area (Å²) in [7, 11) is 0. The third-order valence-electron chi connectivity index (χ3n) is 3.90. The van der Waals surface area contributed by atoms with E-state index in [2.05, 4.69) is 10.1 Å². The summed E-state index contributed by atoms with van der Waals surface area (Å²) in [4.78, 5) is 19.0. The van der Waals surface area contributed by atoms with E-state index < -0.39 is 0 Å². The highest BCUT2D eigenvalue weighted by Gasteiger charge is 2.20. The Morgan fingerprint density at radius 2 is 2.04 bits per heavy atom. The molecule has 0 radical (unpaired) electrons. The van der Waals surface area contributed by atoms with Gasteiger partial charge >= 0.3 is 0 Å². The fourth-order valence-corrected chi connectivity index (χ4v) is 2.81. The van der Waals surface area contributed by atoms with Crippen LogP contribution in [0, 0.1) is 6.92 Å². The normalized spacial score (nSPS) is 11.2. The van der Waals surface area contributed by atoms with Gasteiger partial charge in [0.15, 0.2) is 0 Å². The van der Waals surface area contributed by atoms with Crippen molar-refractivity contribution >= 4 is 22.5 Å². The van der Waals surface area contributed by atoms with Gasteiger partial charge in [-0.2, -0.15) is 0 Å². The number of hydrogen-bond acceptors (Lipinski definition) is 4. The Bertz CT molecular complexity index is 854. The van der Waals surface area contributed by atoms with E-state index in [9.17, 15) is 4.79 Å². The number of rotatable bonds is 5. The van der Waals surface area contributed by atoms with E-state index in [1.807, 2.05) is 57.2 Å². The Hall–Kier alpha value is -2.69. The first-order valence-corrected chi connectivity index (χ1v) is 8.13. The SMILES string of the molecule is Cc1cc(CCC(=O)N(c2cnc3ccccc3c2)C(C)C)on1. The number of carbonyl (C=O) groups is 1. The number of hydrogen-bond donors (Lipinski definition) is 0. The number of pyridine rings is 1. The maximum Gasteiger partial charge on any atom is 0.227 e. The van der Waals surface area contributed by atoms with Crippen molar-refractivity contribution < 1.29 is 9.32 Å². The van der Waals surface area contributed by atoms with Gasteiger partial charge < -0.3 is 9.42 Å². The van der Waals surface area contributed by atoms with Crippen LogP contribution in [-0.2, 0) is 11.2 Å². The smallest absolute Gasteiger partial charge is 0.227 e. The molecular weight excluding hydrogens is 302 g/mol. The second kappa shape index (κ2) is 6.83. The lowest BCUT2D eigenvalue weighted by molar-refractivity contribution is -0.119. The summed E-state index contributed by atoms with van der Waals surface area (Å²) < 4.78 is 5.19. The first-order valence-electron chi connectivity index (χ1n) is 8.13. The fourth-order valence-electron chi connectivity index (χ4n) is 2.81. The molecule has 1 aromatic carbocycles. The second-order valence-electron chi connectivity index (χ2n) is 6.18. The molecule has 0 fully saturated rings. The maximum atomic E-state index is 12.7. The summed E-state index contributed by atoms with van der Waals surface area (Å²) >= 11 is 0. The van der Waals surface area contributed by atoms with Gasteiger partial charge in [-0.05, 0) is 32.9 Å². The predicted octanol–water partition coefficient (Wildman–Crippen LogP) is 3.91. The third kappa shape index (κ3) is 3.45. The van der Waals surface area contributed by atoms with Crippen LogP contribution in [0.1, 0.15) is 31.7 Å². The van der Waals surface area contributed by atoms with Crippen LogP contribution in [0.2, 0.25) is 0 Å². The van der Waals surface area contributed by atoms with Gasteiger partial charge in [-0.25, -0.2) is 0 Å². The van der Waals surface area contributed by atoms with Crippen molar-refractivity contribution in [3.05, 3.63) is 54.0 Å². The fraction of sp³-hybridized carbons (Fsp3) is 0.316. The molecule has 5 heteroatoms. The molecule has 24 heavy (non-hydrogen) atoms. The van der Waals surface area contributed by atoms with Crippen molar-refractivity contribution in [1.29, 1.82) is 0 Å². The average molecular weight is 323 g/mol. The molecule has 124 valence electrons. The number of nitrogens with zero attached hydrogens (tertiary/aromatic N) is 3. The molecule has 2 aromatic heterocycles. The van der Waals surface area contributed by atoms with E-state index in [0.29, 0.717) is 12.8 Å². The summed E-state index contributed by atoms with van der Waals surface area (Å²) in [6.07, 6.45) is 2.68. The van der Waals surface area contributed by atoms with Crippen molar-refractivity contribution in [1.82, 2.24) is 10.1 Å². The van der Waals surface area contributed by atoms with Crippen LogP contribution in [0.3, 0.4) is 0 Å². The van der Waals surface area contributed by atoms with E-state index >= 15 is 0 Å². The van der Waals surface area contributed by atoms with Crippen molar-refractivity contribution in [3.63, 3.8) is 0 Å². The minimum Gasteiger partial charge on any atom is -0.361 e. The molecule has 0 saturated carbocycles. The molecule has 3 aromatic rings. The van der Waals surface area contributed by atoms with Crippen LogP contribution in [0.15, 0.2) is 47.1 Å². The number of fused-ring (bicyclic) bond motifs is 1. The summed E-state index contributed by atoms with van der Waals surface area (Å²) in [6, 6.07) is 11.8. The summed E-state index contributed by atoms with van der Waals surface area (Å²) in [5.41, 5.74) is 2.58. The Morgan fingerprint density at radius 3 is 2.75 bits per heavy atom. The van der Waals surface area contributed by atoms with E-state index in [-0.39, 0.29) is 11.9 Å². The molecular formula is C19H21N3O2. The molecule has 0 aliphatic carbocycles. The number of carbonyl (C=O) groups excluding carboxylic acids is 1. The molecule has 0 bridgehead atoms. The minimum atomic E-state index is 0.0520. The number of para-hydroxylation sites is 1. The largest absolute Gasteiger partial charge is 0.361 e. The van der Waals surface area contributed by atoms with E-state index in [4.69, 9.17) is 4.52 Å². The molecule has 0 atom stereocenters. The molecule has 0 aliphatic rings. The van der Waals surface area contributed by atoms with Gasteiger partial charge in [0.2, 0.25) is 5.91 Å². The highest BCUT2D eigenvalue weighted by atomic mass is 16.5. The Morgan fingerprint density at radius 1 is 1.25 bits per heavy atom. The zero-order chi connectivity index (χ0) is 17.1. The van der Waals surface area contributed by atoms with Crippen LogP contribution in [0.4, 0.5) is 5.69 Å². The third-order valence-corrected chi connectivity index (χ3v) is 3.90. The predicted molar refractivity (Wildman–Crippen MR) is 93.9 cm³/mol. The van der Waals surface area contributed by atoms with Crippen LogP contribution in [-0.4, -0.2) is 22.1 Å². The van der Waals surface area contributed by atoms with Crippen LogP contribution < -0.4 is 4.90 Å². The number of anilines is 1. The highest BCUT2D eigenvalue weighted by molar-refractivity contribution is 5.95. The van der Waals surface area contributed by atoms with Gasteiger partial charge in [0.05, 0.1) is 23.1 Å². The zero-order valence-electron chi connectivity index (χ0n) is 14.2. The molecule has 2 heterocycles. The Kier molecular flexibility index (Phi) is 4.60. The lowest BCUT2D eigenvalue weighted by Gasteiger charge is -2.26. The number of amides is 1. The quantitative estimate of drug-likeness (QED) is 0.714. The molecule has 0 spiro atoms. The number of aryl methyl sites for hydroxylation is 2. The second-order valence-corrected chi connectivity index (χ2v) is 6.18. The molecule has 0 aliphatic heterocycles. The minimum absolute atomic E-state index is 0.0520. The lowest BCUT2D eigenvalue weighted by atomic mass is 10.1. The molecule has 5 nitrogen and oxygen atoms in total. The van der Waals surface area contributed by atoms with Gasteiger partial charge in [-0.15, -0.1) is 0 Å². The van der Waals surface area contributed by atoms with Gasteiger partial charge in [-0.3, -0.25) is 9.78 Å². The zero-order valence-corrected chi connectivity index (χ0v) is 14.2. The summed E-state index contributed by atoms with van der Waals surface area (Å²) in [6.45, 7) is 5.88. The van der Waals surface area contributed by atoms with Crippen molar-refractivity contribution in [2.75, 3.05) is 4.90 Å². The molecule has 0 unspecified atom stereocenters. The average Bonchev–Trinajstić information content (AvgIpc) is 2.98. The van der Waals surface area contributed by atoms with E-state index in [1.165, 1.54) is 0 Å². The first-order chi connectivity index (χ1) is 11.5. The maximum absolute atomic E-state index is 12.7. The summed E-state index contributed by atoms with van der Waals surface area (Å²) in [5.74, 6) is 0.789. The Balaban J connectivity index is 1.80. The molecule has 3 rings (SSSR count). The lowest BCUT2D eigenvalue weighted by Crippen LogP contribution is -2.37. The van der Waals surface area contributed by atoms with Crippen molar-refractivity contribution in [2.24, 2.45) is 0 Å².